The second-order valence-electron chi connectivity index (χ2n) is 8.42. The van der Waals surface area contributed by atoms with Crippen LogP contribution in [0.5, 0.6) is 0 Å². The van der Waals surface area contributed by atoms with Crippen molar-refractivity contribution in [2.24, 2.45) is 0 Å². The summed E-state index contributed by atoms with van der Waals surface area (Å²) in [6.07, 6.45) is 0.860. The molecular weight excluding hydrogens is 512 g/mol. The number of pyridine rings is 2. The Bertz CT molecular complexity index is 973. The summed E-state index contributed by atoms with van der Waals surface area (Å²) in [6, 6.07) is 8.37. The average molecular weight is 537 g/mol. The number of rotatable bonds is 3. The molecule has 2 aromatic heterocycles. The third kappa shape index (κ3) is 9.96. The van der Waals surface area contributed by atoms with Gasteiger partial charge < -0.3 is 14.9 Å². The zero-order valence-corrected chi connectivity index (χ0v) is 19.4. The van der Waals surface area contributed by atoms with Gasteiger partial charge in [0.05, 0.1) is 12.2 Å². The largest absolute Gasteiger partial charge is 0.490 e. The highest BCUT2D eigenvalue weighted by molar-refractivity contribution is 5.73. The number of aliphatic carboxylic acids is 2. The van der Waals surface area contributed by atoms with Crippen LogP contribution in [-0.2, 0) is 20.9 Å². The Hall–Kier alpha value is -3.26. The molecule has 204 valence electrons. The van der Waals surface area contributed by atoms with Gasteiger partial charge in [0.1, 0.15) is 0 Å². The summed E-state index contributed by atoms with van der Waals surface area (Å²) in [5.74, 6) is -5.01. The van der Waals surface area contributed by atoms with Gasteiger partial charge in [-0.3, -0.25) is 14.9 Å². The molecule has 2 fully saturated rings. The van der Waals surface area contributed by atoms with Crippen LogP contribution in [0.1, 0.15) is 36.3 Å². The van der Waals surface area contributed by atoms with Crippen molar-refractivity contribution in [2.45, 2.75) is 49.7 Å². The number of nitrogens with zero attached hydrogens (tertiary/aromatic N) is 3. The van der Waals surface area contributed by atoms with Crippen LogP contribution in [0.2, 0.25) is 0 Å². The summed E-state index contributed by atoms with van der Waals surface area (Å²) in [5.41, 5.74) is 2.71. The lowest BCUT2D eigenvalue weighted by atomic mass is 9.83. The predicted molar refractivity (Wildman–Crippen MR) is 116 cm³/mol. The van der Waals surface area contributed by atoms with Gasteiger partial charge in [-0.15, -0.1) is 0 Å². The van der Waals surface area contributed by atoms with Crippen molar-refractivity contribution in [1.82, 2.24) is 14.9 Å². The van der Waals surface area contributed by atoms with Crippen molar-refractivity contribution in [3.63, 3.8) is 0 Å². The van der Waals surface area contributed by atoms with E-state index in [1.807, 2.05) is 36.9 Å². The first-order valence-electron chi connectivity index (χ1n) is 11.0. The Balaban J connectivity index is 0.000000286. The number of halogens is 6. The van der Waals surface area contributed by atoms with Crippen LogP contribution in [0, 0.1) is 0 Å². The van der Waals surface area contributed by atoms with Crippen molar-refractivity contribution in [3.05, 3.63) is 60.2 Å². The molecule has 4 rings (SSSR count). The van der Waals surface area contributed by atoms with Crippen LogP contribution in [0.25, 0.3) is 0 Å². The molecule has 0 amide bonds. The van der Waals surface area contributed by atoms with Gasteiger partial charge in [0.25, 0.3) is 0 Å². The van der Waals surface area contributed by atoms with E-state index in [0.29, 0.717) is 5.92 Å². The van der Waals surface area contributed by atoms with E-state index in [2.05, 4.69) is 27.0 Å². The summed E-state index contributed by atoms with van der Waals surface area (Å²) in [5, 5.41) is 14.2. The van der Waals surface area contributed by atoms with Crippen molar-refractivity contribution in [2.75, 3.05) is 19.7 Å². The number of likely N-dealkylation sites (tertiary alicyclic amines) is 1. The molecule has 1 unspecified atom stereocenters. The molecule has 1 atom stereocenters. The fraction of sp³-hybridized carbons (Fsp3) is 0.478. The zero-order chi connectivity index (χ0) is 27.7. The molecule has 2 aliphatic heterocycles. The number of carboxylic acids is 2. The molecule has 0 bridgehead atoms. The normalized spacial score (nSPS) is 19.2. The number of hydrogen-bond acceptors (Lipinski definition) is 6. The smallest absolute Gasteiger partial charge is 0.475 e. The van der Waals surface area contributed by atoms with Crippen LogP contribution in [0.4, 0.5) is 26.3 Å². The Labute approximate surface area is 207 Å². The number of ether oxygens (including phenoxy) is 1. The Kier molecular flexibility index (Phi) is 10.4. The maximum absolute atomic E-state index is 10.6. The van der Waals surface area contributed by atoms with Gasteiger partial charge in [0, 0.05) is 50.3 Å². The van der Waals surface area contributed by atoms with Gasteiger partial charge in [-0.05, 0) is 42.5 Å². The number of alkyl halides is 6. The van der Waals surface area contributed by atoms with Crippen molar-refractivity contribution in [3.8, 4) is 0 Å². The van der Waals surface area contributed by atoms with Gasteiger partial charge in [-0.1, -0.05) is 12.1 Å². The molecule has 37 heavy (non-hydrogen) atoms. The zero-order valence-electron chi connectivity index (χ0n) is 19.4. The minimum Gasteiger partial charge on any atom is -0.475 e. The lowest BCUT2D eigenvalue weighted by Gasteiger charge is -2.38. The molecule has 4 heterocycles. The molecular formula is C23H25F6N3O5. The molecule has 2 aromatic rings. The molecule has 0 aliphatic carbocycles. The van der Waals surface area contributed by atoms with E-state index >= 15 is 0 Å². The molecule has 2 aliphatic rings. The molecule has 14 heteroatoms. The van der Waals surface area contributed by atoms with E-state index in [4.69, 9.17) is 24.5 Å². The number of carbonyl (C=O) groups is 2. The van der Waals surface area contributed by atoms with E-state index in [-0.39, 0.29) is 5.60 Å². The van der Waals surface area contributed by atoms with Gasteiger partial charge >= 0.3 is 24.3 Å². The van der Waals surface area contributed by atoms with Crippen molar-refractivity contribution < 1.29 is 50.9 Å². The fourth-order valence-corrected chi connectivity index (χ4v) is 3.89. The van der Waals surface area contributed by atoms with Crippen LogP contribution >= 0.6 is 0 Å². The minimum absolute atomic E-state index is 0.0892. The minimum atomic E-state index is -5.08. The molecule has 0 aromatic carbocycles. The second kappa shape index (κ2) is 12.8. The van der Waals surface area contributed by atoms with Crippen LogP contribution < -0.4 is 0 Å². The van der Waals surface area contributed by atoms with Gasteiger partial charge in [0.2, 0.25) is 0 Å². The third-order valence-electron chi connectivity index (χ3n) is 5.75. The van der Waals surface area contributed by atoms with E-state index < -0.39 is 24.3 Å². The highest BCUT2D eigenvalue weighted by Gasteiger charge is 2.43. The first-order valence-corrected chi connectivity index (χ1v) is 11.0. The maximum Gasteiger partial charge on any atom is 0.490 e. The molecule has 0 radical (unpaired) electrons. The summed E-state index contributed by atoms with van der Waals surface area (Å²) in [7, 11) is 0. The van der Waals surface area contributed by atoms with E-state index in [0.717, 1.165) is 45.5 Å². The van der Waals surface area contributed by atoms with Crippen molar-refractivity contribution in [1.29, 1.82) is 0 Å². The second-order valence-corrected chi connectivity index (χ2v) is 8.42. The first-order chi connectivity index (χ1) is 17.2. The maximum atomic E-state index is 10.6. The molecule has 2 saturated heterocycles. The van der Waals surface area contributed by atoms with Gasteiger partial charge in [-0.25, -0.2) is 9.59 Å². The summed E-state index contributed by atoms with van der Waals surface area (Å²) < 4.78 is 69.8. The number of carboxylic acid groups (broad SMARTS) is 2. The molecule has 8 nitrogen and oxygen atoms in total. The van der Waals surface area contributed by atoms with E-state index in [9.17, 15) is 26.3 Å². The van der Waals surface area contributed by atoms with E-state index in [1.165, 1.54) is 11.1 Å². The van der Waals surface area contributed by atoms with Crippen LogP contribution in [-0.4, -0.2) is 74.7 Å². The van der Waals surface area contributed by atoms with E-state index in [1.54, 1.807) is 0 Å². The highest BCUT2D eigenvalue weighted by Crippen LogP contribution is 2.42. The standard InChI is InChI=1S/C19H23N3O.2C2HF3O2/c1-3-16(12-20-7-1)14-22-9-5-19(6-10-22)11-18(15-23-19)17-4-2-8-21-13-17;2*3-2(4,5)1(6)7/h1-4,7-8,12-13,18H,5-6,9-11,14-15H2;2*(H,6,7). The van der Waals surface area contributed by atoms with Crippen LogP contribution in [0.3, 0.4) is 0 Å². The Morgan fingerprint density at radius 1 is 0.946 bits per heavy atom. The molecule has 1 spiro atoms. The number of aromatic nitrogens is 2. The lowest BCUT2D eigenvalue weighted by Crippen LogP contribution is -2.43. The van der Waals surface area contributed by atoms with Crippen molar-refractivity contribution >= 4 is 11.9 Å². The molecule has 2 N–H and O–H groups in total. The van der Waals surface area contributed by atoms with Gasteiger partial charge in [-0.2, -0.15) is 26.3 Å². The highest BCUT2D eigenvalue weighted by atomic mass is 19.4. The third-order valence-corrected chi connectivity index (χ3v) is 5.75. The lowest BCUT2D eigenvalue weighted by molar-refractivity contribution is -0.193. The van der Waals surface area contributed by atoms with Gasteiger partial charge in [0.15, 0.2) is 0 Å². The Morgan fingerprint density at radius 2 is 1.46 bits per heavy atom. The fourth-order valence-electron chi connectivity index (χ4n) is 3.89. The predicted octanol–water partition coefficient (Wildman–Crippen LogP) is 4.28. The first kappa shape index (κ1) is 30.0. The quantitative estimate of drug-likeness (QED) is 0.558. The SMILES string of the molecule is O=C(O)C(F)(F)F.O=C(O)C(F)(F)F.c1cncc(CN2CCC3(CC2)CC(c2cccnc2)CO3)c1. The summed E-state index contributed by atoms with van der Waals surface area (Å²) >= 11 is 0. The number of hydrogen-bond donors (Lipinski definition) is 2. The monoisotopic (exact) mass is 537 g/mol. The summed E-state index contributed by atoms with van der Waals surface area (Å²) in [6.45, 7) is 4.05. The Morgan fingerprint density at radius 3 is 1.89 bits per heavy atom. The average Bonchev–Trinajstić information content (AvgIpc) is 3.25. The topological polar surface area (TPSA) is 113 Å². The summed E-state index contributed by atoms with van der Waals surface area (Å²) in [4.78, 5) is 28.8. The molecule has 0 saturated carbocycles. The van der Waals surface area contributed by atoms with Crippen LogP contribution in [0.15, 0.2) is 49.1 Å². The number of piperidine rings is 1.